The van der Waals surface area contributed by atoms with Gasteiger partial charge in [-0.25, -0.2) is 9.79 Å². The third-order valence-electron chi connectivity index (χ3n) is 5.42. The standard InChI is InChI=1S/C29H24ClNO5S/c1-3-35-29(34)25-26(32)24(37-28(25)31-27(33)19-14-12-18(2)13-15-19)16-20-8-5-7-11-23(20)36-17-21-9-4-6-10-22(21)30/h4-16,32H,3,17H2,1-2H3/b24-16-,31-28?. The van der Waals surface area contributed by atoms with Crippen LogP contribution in [-0.4, -0.2) is 28.6 Å². The molecule has 1 N–H and O–H groups in total. The van der Waals surface area contributed by atoms with Gasteiger partial charge >= 0.3 is 5.97 Å². The zero-order valence-corrected chi connectivity index (χ0v) is 21.8. The van der Waals surface area contributed by atoms with Crippen molar-refractivity contribution < 1.29 is 24.2 Å². The molecule has 4 rings (SSSR count). The lowest BCUT2D eigenvalue weighted by Gasteiger charge is -2.11. The molecule has 0 unspecified atom stereocenters. The number of hydrogen-bond donors (Lipinski definition) is 1. The zero-order chi connectivity index (χ0) is 26.4. The van der Waals surface area contributed by atoms with E-state index in [-0.39, 0.29) is 29.6 Å². The first-order valence-corrected chi connectivity index (χ1v) is 12.7. The van der Waals surface area contributed by atoms with Crippen molar-refractivity contribution in [3.05, 3.63) is 116 Å². The van der Waals surface area contributed by atoms with E-state index in [1.807, 2.05) is 43.3 Å². The summed E-state index contributed by atoms with van der Waals surface area (Å²) in [5, 5.41) is 11.6. The van der Waals surface area contributed by atoms with Gasteiger partial charge in [-0.15, -0.1) is 0 Å². The van der Waals surface area contributed by atoms with Gasteiger partial charge in [-0.05, 0) is 44.2 Å². The molecule has 0 spiro atoms. The number of amides is 1. The Hall–Kier alpha value is -3.81. The van der Waals surface area contributed by atoms with Crippen molar-refractivity contribution in [2.75, 3.05) is 6.61 Å². The van der Waals surface area contributed by atoms with Crippen LogP contribution in [0.1, 0.15) is 34.0 Å². The molecule has 1 heterocycles. The highest BCUT2D eigenvalue weighted by molar-refractivity contribution is 8.18. The van der Waals surface area contributed by atoms with E-state index in [9.17, 15) is 14.7 Å². The molecular weight excluding hydrogens is 510 g/mol. The van der Waals surface area contributed by atoms with E-state index in [1.165, 1.54) is 0 Å². The summed E-state index contributed by atoms with van der Waals surface area (Å²) in [6.45, 7) is 3.94. The molecule has 0 aromatic heterocycles. The first-order chi connectivity index (χ1) is 17.9. The number of aliphatic imine (C=N–C) groups is 1. The van der Waals surface area contributed by atoms with Gasteiger partial charge in [0, 0.05) is 21.7 Å². The molecule has 0 aliphatic carbocycles. The quantitative estimate of drug-likeness (QED) is 0.331. The molecule has 6 nitrogen and oxygen atoms in total. The van der Waals surface area contributed by atoms with Gasteiger partial charge in [0.1, 0.15) is 28.7 Å². The molecule has 37 heavy (non-hydrogen) atoms. The number of ether oxygens (including phenoxy) is 2. The summed E-state index contributed by atoms with van der Waals surface area (Å²) in [5.41, 5.74) is 2.73. The van der Waals surface area contributed by atoms with Crippen molar-refractivity contribution in [2.45, 2.75) is 20.5 Å². The number of carbonyl (C=O) groups is 2. The van der Waals surface area contributed by atoms with Crippen molar-refractivity contribution in [3.63, 3.8) is 0 Å². The van der Waals surface area contributed by atoms with Gasteiger partial charge in [-0.1, -0.05) is 77.5 Å². The maximum atomic E-state index is 12.8. The molecule has 8 heteroatoms. The number of rotatable bonds is 7. The number of nitrogens with zero attached hydrogens (tertiary/aromatic N) is 1. The monoisotopic (exact) mass is 533 g/mol. The number of para-hydroxylation sites is 1. The molecule has 0 saturated heterocycles. The second-order valence-electron chi connectivity index (χ2n) is 8.06. The minimum atomic E-state index is -0.755. The highest BCUT2D eigenvalue weighted by Gasteiger charge is 2.34. The predicted molar refractivity (Wildman–Crippen MR) is 147 cm³/mol. The maximum Gasteiger partial charge on any atom is 0.344 e. The molecular formula is C29H24ClNO5S. The van der Waals surface area contributed by atoms with E-state index in [4.69, 9.17) is 21.1 Å². The fourth-order valence-corrected chi connectivity index (χ4v) is 4.68. The minimum Gasteiger partial charge on any atom is -0.506 e. The van der Waals surface area contributed by atoms with Crippen LogP contribution in [0.15, 0.2) is 94.0 Å². The molecule has 0 fully saturated rings. The summed E-state index contributed by atoms with van der Waals surface area (Å²) in [7, 11) is 0. The Balaban J connectivity index is 1.66. The molecule has 188 valence electrons. The summed E-state index contributed by atoms with van der Waals surface area (Å²) in [5.74, 6) is -1.03. The van der Waals surface area contributed by atoms with Crippen molar-refractivity contribution >= 4 is 46.4 Å². The normalized spacial score (nSPS) is 15.3. The lowest BCUT2D eigenvalue weighted by atomic mass is 10.1. The molecule has 1 aliphatic heterocycles. The Morgan fingerprint density at radius 2 is 1.73 bits per heavy atom. The largest absolute Gasteiger partial charge is 0.506 e. The minimum absolute atomic E-state index is 0.0715. The highest BCUT2D eigenvalue weighted by atomic mass is 35.5. The Morgan fingerprint density at radius 1 is 1.03 bits per heavy atom. The predicted octanol–water partition coefficient (Wildman–Crippen LogP) is 6.93. The molecule has 0 bridgehead atoms. The number of halogens is 1. The molecule has 3 aromatic carbocycles. The van der Waals surface area contributed by atoms with Crippen molar-refractivity contribution in [1.29, 1.82) is 0 Å². The van der Waals surface area contributed by atoms with Crippen LogP contribution in [0.2, 0.25) is 5.02 Å². The lowest BCUT2D eigenvalue weighted by molar-refractivity contribution is -0.138. The Labute approximate surface area is 224 Å². The van der Waals surface area contributed by atoms with Gasteiger partial charge in [-0.2, -0.15) is 0 Å². The Bertz CT molecular complexity index is 1430. The third kappa shape index (κ3) is 6.31. The van der Waals surface area contributed by atoms with E-state index in [1.54, 1.807) is 49.4 Å². The van der Waals surface area contributed by atoms with Crippen LogP contribution >= 0.6 is 23.4 Å². The van der Waals surface area contributed by atoms with Gasteiger partial charge < -0.3 is 14.6 Å². The molecule has 0 radical (unpaired) electrons. The van der Waals surface area contributed by atoms with Crippen LogP contribution in [0.4, 0.5) is 0 Å². The molecule has 0 atom stereocenters. The van der Waals surface area contributed by atoms with Crippen LogP contribution < -0.4 is 4.74 Å². The summed E-state index contributed by atoms with van der Waals surface area (Å²) in [6, 6.07) is 21.6. The number of aliphatic hydroxyl groups excluding tert-OH is 1. The number of thioether (sulfide) groups is 1. The second kappa shape index (κ2) is 12.0. The maximum absolute atomic E-state index is 12.8. The number of carbonyl (C=O) groups excluding carboxylic acids is 2. The van der Waals surface area contributed by atoms with Crippen molar-refractivity contribution in [1.82, 2.24) is 0 Å². The molecule has 1 aliphatic rings. The zero-order valence-electron chi connectivity index (χ0n) is 20.2. The summed E-state index contributed by atoms with van der Waals surface area (Å²) < 4.78 is 11.1. The van der Waals surface area contributed by atoms with Gasteiger partial charge in [-0.3, -0.25) is 4.79 Å². The molecule has 3 aromatic rings. The summed E-state index contributed by atoms with van der Waals surface area (Å²) in [6.07, 6.45) is 1.68. The van der Waals surface area contributed by atoms with Gasteiger partial charge in [0.05, 0.1) is 11.5 Å². The number of aliphatic hydroxyl groups is 1. The van der Waals surface area contributed by atoms with Crippen LogP contribution in [0.3, 0.4) is 0 Å². The number of aryl methyl sites for hydroxylation is 1. The Kier molecular flexibility index (Phi) is 8.48. The highest BCUT2D eigenvalue weighted by Crippen LogP contribution is 2.40. The fraction of sp³-hybridized carbons (Fsp3) is 0.138. The average molecular weight is 534 g/mol. The van der Waals surface area contributed by atoms with Crippen molar-refractivity contribution in [3.8, 4) is 5.75 Å². The second-order valence-corrected chi connectivity index (χ2v) is 9.50. The van der Waals surface area contributed by atoms with Crippen molar-refractivity contribution in [2.24, 2.45) is 4.99 Å². The van der Waals surface area contributed by atoms with E-state index >= 15 is 0 Å². The lowest BCUT2D eigenvalue weighted by Crippen LogP contribution is -2.14. The third-order valence-corrected chi connectivity index (χ3v) is 6.81. The van der Waals surface area contributed by atoms with E-state index < -0.39 is 11.9 Å². The van der Waals surface area contributed by atoms with E-state index in [0.717, 1.165) is 22.9 Å². The first-order valence-electron chi connectivity index (χ1n) is 11.5. The number of benzene rings is 3. The number of esters is 1. The van der Waals surface area contributed by atoms with E-state index in [2.05, 4.69) is 4.99 Å². The topological polar surface area (TPSA) is 85.2 Å². The fourth-order valence-electron chi connectivity index (χ4n) is 3.49. The average Bonchev–Trinajstić information content (AvgIpc) is 3.19. The smallest absolute Gasteiger partial charge is 0.344 e. The number of hydrogen-bond acceptors (Lipinski definition) is 6. The van der Waals surface area contributed by atoms with E-state index in [0.29, 0.717) is 26.8 Å². The van der Waals surface area contributed by atoms with Crippen LogP contribution in [0, 0.1) is 6.92 Å². The van der Waals surface area contributed by atoms with Gasteiger partial charge in [0.25, 0.3) is 5.91 Å². The molecule has 1 amide bonds. The van der Waals surface area contributed by atoms with Crippen LogP contribution in [-0.2, 0) is 16.1 Å². The van der Waals surface area contributed by atoms with Crippen LogP contribution in [0.25, 0.3) is 6.08 Å². The molecule has 0 saturated carbocycles. The SMILES string of the molecule is CCOC(=O)C1=C(O)/C(=C/c2ccccc2OCc2ccccc2Cl)SC1=NC(=O)c1ccc(C)cc1. The van der Waals surface area contributed by atoms with Gasteiger partial charge in [0.2, 0.25) is 0 Å². The summed E-state index contributed by atoms with van der Waals surface area (Å²) in [4.78, 5) is 30.0. The van der Waals surface area contributed by atoms with Gasteiger partial charge in [0.15, 0.2) is 0 Å². The first kappa shape index (κ1) is 26.3. The Morgan fingerprint density at radius 3 is 2.46 bits per heavy atom. The summed E-state index contributed by atoms with van der Waals surface area (Å²) >= 11 is 7.27. The van der Waals surface area contributed by atoms with Crippen LogP contribution in [0.5, 0.6) is 5.75 Å².